The minimum absolute atomic E-state index is 0.0543. The third-order valence-electron chi connectivity index (χ3n) is 8.81. The number of amides is 3. The summed E-state index contributed by atoms with van der Waals surface area (Å²) in [4.78, 5) is 38.5. The fourth-order valence-corrected chi connectivity index (χ4v) is 6.23. The van der Waals surface area contributed by atoms with E-state index in [4.69, 9.17) is 4.74 Å². The van der Waals surface area contributed by atoms with Gasteiger partial charge in [-0.15, -0.1) is 0 Å². The number of aromatic hydroxyl groups is 1. The number of likely N-dealkylation sites (tertiary alicyclic amines) is 1. The van der Waals surface area contributed by atoms with Gasteiger partial charge in [-0.05, 0) is 61.4 Å². The minimum Gasteiger partial charge on any atom is -0.506 e. The van der Waals surface area contributed by atoms with Crippen molar-refractivity contribution < 1.29 is 29.3 Å². The Labute approximate surface area is 269 Å². The highest BCUT2D eigenvalue weighted by molar-refractivity contribution is 5.91. The molecule has 2 aliphatic rings. The number of aliphatic hydroxyl groups excluding tert-OH is 1. The van der Waals surface area contributed by atoms with Crippen molar-refractivity contribution >= 4 is 29.8 Å². The number of anilines is 2. The van der Waals surface area contributed by atoms with Gasteiger partial charge in [-0.3, -0.25) is 14.9 Å². The van der Waals surface area contributed by atoms with Gasteiger partial charge in [0.2, 0.25) is 12.3 Å². The Morgan fingerprint density at radius 2 is 1.72 bits per heavy atom. The molecule has 1 saturated carbocycles. The molecule has 3 aromatic carbocycles. The lowest BCUT2D eigenvalue weighted by Crippen LogP contribution is -2.43. The van der Waals surface area contributed by atoms with Gasteiger partial charge in [-0.1, -0.05) is 54.6 Å². The van der Waals surface area contributed by atoms with E-state index in [1.807, 2.05) is 54.6 Å². The standard InChI is InChI=1S/C35H43N5O6/c41-23-38-31-21-25(11-13-32(31)42)33(43)22-37-27-12-10-26(20-27)34(44)36-16-19-40-17-14-28(15-18-40)46-35(45)39-30-9-5-4-8-29(30)24-6-2-1-3-7-24/h1-9,11,13,21,23,26-28,33,37,42-43H,10,12,14-20,22H2,(H,36,44)(H,38,41)(H,39,45)/t26-,27+,33-/m1/s1. The SMILES string of the molecule is O=CNc1cc([C@H](O)CN[C@H]2CC[C@@H](C(=O)NCCN3CCC(OC(=O)Nc4ccccc4-c4ccccc4)CC3)C2)ccc1O. The summed E-state index contributed by atoms with van der Waals surface area (Å²) in [6.45, 7) is 3.18. The van der Waals surface area contributed by atoms with Crippen LogP contribution in [0.4, 0.5) is 16.2 Å². The lowest BCUT2D eigenvalue weighted by atomic mass is 10.0. The molecule has 0 bridgehead atoms. The maximum absolute atomic E-state index is 12.8. The van der Waals surface area contributed by atoms with Crippen LogP contribution in [0.2, 0.25) is 0 Å². The van der Waals surface area contributed by atoms with Crippen LogP contribution >= 0.6 is 0 Å². The molecule has 1 aliphatic carbocycles. The highest BCUT2D eigenvalue weighted by Gasteiger charge is 2.30. The van der Waals surface area contributed by atoms with Crippen molar-refractivity contribution in [2.45, 2.75) is 50.4 Å². The first-order valence-electron chi connectivity index (χ1n) is 16.0. The second kappa shape index (κ2) is 16.2. The van der Waals surface area contributed by atoms with Crippen LogP contribution in [0.5, 0.6) is 5.75 Å². The molecule has 3 amide bonds. The van der Waals surface area contributed by atoms with Crippen LogP contribution in [0, 0.1) is 5.92 Å². The van der Waals surface area contributed by atoms with Crippen molar-refractivity contribution in [3.8, 4) is 16.9 Å². The number of piperidine rings is 1. The Morgan fingerprint density at radius 3 is 2.50 bits per heavy atom. The average molecular weight is 630 g/mol. The third-order valence-corrected chi connectivity index (χ3v) is 8.81. The summed E-state index contributed by atoms with van der Waals surface area (Å²) >= 11 is 0. The Morgan fingerprint density at radius 1 is 0.957 bits per heavy atom. The van der Waals surface area contributed by atoms with E-state index >= 15 is 0 Å². The molecule has 46 heavy (non-hydrogen) atoms. The van der Waals surface area contributed by atoms with Gasteiger partial charge in [0.05, 0.1) is 17.5 Å². The summed E-state index contributed by atoms with van der Waals surface area (Å²) in [7, 11) is 0. The molecule has 0 radical (unpaired) electrons. The number of carbonyl (C=O) groups excluding carboxylic acids is 3. The smallest absolute Gasteiger partial charge is 0.411 e. The highest BCUT2D eigenvalue weighted by atomic mass is 16.6. The molecule has 1 aliphatic heterocycles. The molecule has 244 valence electrons. The zero-order chi connectivity index (χ0) is 32.3. The molecule has 1 heterocycles. The molecule has 0 aromatic heterocycles. The zero-order valence-corrected chi connectivity index (χ0v) is 25.9. The van der Waals surface area contributed by atoms with Crippen LogP contribution < -0.4 is 21.3 Å². The van der Waals surface area contributed by atoms with Gasteiger partial charge in [-0.25, -0.2) is 4.79 Å². The van der Waals surface area contributed by atoms with Gasteiger partial charge in [0.15, 0.2) is 0 Å². The summed E-state index contributed by atoms with van der Waals surface area (Å²) in [5, 5.41) is 32.1. The number of hydrogen-bond acceptors (Lipinski definition) is 8. The number of aliphatic hydroxyl groups is 1. The van der Waals surface area contributed by atoms with Crippen LogP contribution in [0.3, 0.4) is 0 Å². The second-order valence-electron chi connectivity index (χ2n) is 11.9. The van der Waals surface area contributed by atoms with Crippen molar-refractivity contribution in [3.05, 3.63) is 78.4 Å². The van der Waals surface area contributed by atoms with Crippen molar-refractivity contribution in [2.75, 3.05) is 43.4 Å². The summed E-state index contributed by atoms with van der Waals surface area (Å²) in [5.41, 5.74) is 3.49. The normalized spacial score (nSPS) is 19.2. The molecular weight excluding hydrogens is 586 g/mol. The van der Waals surface area contributed by atoms with Crippen molar-refractivity contribution in [2.24, 2.45) is 5.92 Å². The summed E-state index contributed by atoms with van der Waals surface area (Å²) in [6.07, 6.45) is 2.86. The topological polar surface area (TPSA) is 152 Å². The minimum atomic E-state index is -0.819. The second-order valence-corrected chi connectivity index (χ2v) is 11.9. The lowest BCUT2D eigenvalue weighted by Gasteiger charge is -2.31. The first-order valence-corrected chi connectivity index (χ1v) is 16.0. The van der Waals surface area contributed by atoms with Crippen LogP contribution in [0.25, 0.3) is 11.1 Å². The van der Waals surface area contributed by atoms with E-state index in [9.17, 15) is 24.6 Å². The molecular formula is C35H43N5O6. The molecule has 0 spiro atoms. The molecule has 0 unspecified atom stereocenters. The van der Waals surface area contributed by atoms with E-state index < -0.39 is 12.2 Å². The van der Waals surface area contributed by atoms with E-state index in [0.717, 1.165) is 56.4 Å². The number of nitrogens with zero attached hydrogens (tertiary/aromatic N) is 1. The van der Waals surface area contributed by atoms with Crippen molar-refractivity contribution in [3.63, 3.8) is 0 Å². The quantitative estimate of drug-likeness (QED) is 0.121. The monoisotopic (exact) mass is 629 g/mol. The first kappa shape index (κ1) is 32.9. The summed E-state index contributed by atoms with van der Waals surface area (Å²) in [6, 6.07) is 22.3. The number of phenols is 1. The molecule has 2 fully saturated rings. The van der Waals surface area contributed by atoms with Crippen molar-refractivity contribution in [1.29, 1.82) is 0 Å². The lowest BCUT2D eigenvalue weighted by molar-refractivity contribution is -0.124. The number of para-hydroxylation sites is 1. The number of hydrogen-bond donors (Lipinski definition) is 6. The van der Waals surface area contributed by atoms with E-state index in [-0.39, 0.29) is 35.4 Å². The largest absolute Gasteiger partial charge is 0.506 e. The molecule has 11 nitrogen and oxygen atoms in total. The maximum atomic E-state index is 12.8. The molecule has 1 saturated heterocycles. The van der Waals surface area contributed by atoms with E-state index in [1.165, 1.54) is 6.07 Å². The molecule has 3 atom stereocenters. The van der Waals surface area contributed by atoms with Gasteiger partial charge < -0.3 is 35.8 Å². The molecule has 5 rings (SSSR count). The van der Waals surface area contributed by atoms with Gasteiger partial charge in [-0.2, -0.15) is 0 Å². The maximum Gasteiger partial charge on any atom is 0.411 e. The Balaban J connectivity index is 0.964. The van der Waals surface area contributed by atoms with Gasteiger partial charge in [0.1, 0.15) is 11.9 Å². The van der Waals surface area contributed by atoms with Crippen LogP contribution in [-0.4, -0.2) is 78.4 Å². The first-order chi connectivity index (χ1) is 22.4. The number of ether oxygens (including phenoxy) is 1. The Bertz CT molecular complexity index is 1460. The number of carbonyl (C=O) groups is 3. The van der Waals surface area contributed by atoms with Crippen LogP contribution in [0.15, 0.2) is 72.8 Å². The number of rotatable bonds is 13. The summed E-state index contributed by atoms with van der Waals surface area (Å²) < 4.78 is 5.74. The number of benzene rings is 3. The predicted octanol–water partition coefficient (Wildman–Crippen LogP) is 4.25. The fourth-order valence-electron chi connectivity index (χ4n) is 6.23. The fraction of sp³-hybridized carbons (Fsp3) is 0.400. The highest BCUT2D eigenvalue weighted by Crippen LogP contribution is 2.30. The molecule has 6 N–H and O–H groups in total. The van der Waals surface area contributed by atoms with Crippen LogP contribution in [-0.2, 0) is 14.3 Å². The van der Waals surface area contributed by atoms with Crippen molar-refractivity contribution in [1.82, 2.24) is 15.5 Å². The molecule has 11 heteroatoms. The van der Waals surface area contributed by atoms with Crippen LogP contribution in [0.1, 0.15) is 43.8 Å². The number of phenolic OH excluding ortho intramolecular Hbond substituents is 1. The Hall–Kier alpha value is -4.45. The Kier molecular flexibility index (Phi) is 11.6. The van der Waals surface area contributed by atoms with Gasteiger partial charge in [0, 0.05) is 50.2 Å². The molecule has 3 aromatic rings. The van der Waals surface area contributed by atoms with E-state index in [0.29, 0.717) is 37.2 Å². The predicted molar refractivity (Wildman–Crippen MR) is 176 cm³/mol. The van der Waals surface area contributed by atoms with E-state index in [1.54, 1.807) is 12.1 Å². The van der Waals surface area contributed by atoms with Gasteiger partial charge in [0.25, 0.3) is 0 Å². The third kappa shape index (κ3) is 9.06. The average Bonchev–Trinajstić information content (AvgIpc) is 3.55. The number of nitrogens with one attached hydrogen (secondary N) is 4. The van der Waals surface area contributed by atoms with E-state index in [2.05, 4.69) is 26.2 Å². The summed E-state index contributed by atoms with van der Waals surface area (Å²) in [5.74, 6) is -0.0873. The zero-order valence-electron chi connectivity index (χ0n) is 25.9. The van der Waals surface area contributed by atoms with Gasteiger partial charge >= 0.3 is 6.09 Å².